The number of halogens is 2. The van der Waals surface area contributed by atoms with Gasteiger partial charge in [-0.1, -0.05) is 29.8 Å². The van der Waals surface area contributed by atoms with E-state index >= 15 is 0 Å². The fourth-order valence-corrected chi connectivity index (χ4v) is 2.59. The minimum absolute atomic E-state index is 0.159. The largest absolute Gasteiger partial charge is 0.485 e. The Hall–Kier alpha value is -1.58. The highest BCUT2D eigenvalue weighted by Gasteiger charge is 2.28. The Bertz CT molecular complexity index is 617. The van der Waals surface area contributed by atoms with Gasteiger partial charge < -0.3 is 10.5 Å². The maximum atomic E-state index is 13.9. The molecule has 98 valence electrons. The van der Waals surface area contributed by atoms with E-state index in [0.717, 1.165) is 5.56 Å². The summed E-state index contributed by atoms with van der Waals surface area (Å²) < 4.78 is 19.7. The van der Waals surface area contributed by atoms with E-state index in [1.54, 1.807) is 6.07 Å². The number of nitrogens with two attached hydrogens (primary N) is 1. The van der Waals surface area contributed by atoms with Crippen LogP contribution in [0.1, 0.15) is 29.7 Å². The third kappa shape index (κ3) is 2.31. The lowest BCUT2D eigenvalue weighted by molar-refractivity contribution is 0.157. The van der Waals surface area contributed by atoms with Crippen LogP contribution in [-0.2, 0) is 0 Å². The summed E-state index contributed by atoms with van der Waals surface area (Å²) in [5, 5.41) is 0.493. The first-order valence-corrected chi connectivity index (χ1v) is 6.49. The molecule has 0 saturated heterocycles. The summed E-state index contributed by atoms with van der Waals surface area (Å²) in [6.45, 7) is 0. The first-order valence-electron chi connectivity index (χ1n) is 6.11. The lowest BCUT2D eigenvalue weighted by Crippen LogP contribution is -2.24. The number of ether oxygens (including phenoxy) is 1. The van der Waals surface area contributed by atoms with Crippen molar-refractivity contribution in [2.24, 2.45) is 5.73 Å². The van der Waals surface area contributed by atoms with Crippen LogP contribution in [0.15, 0.2) is 42.5 Å². The molecule has 0 bridgehead atoms. The number of hydrogen-bond donors (Lipinski definition) is 1. The Labute approximate surface area is 115 Å². The van der Waals surface area contributed by atoms with Crippen molar-refractivity contribution in [2.45, 2.75) is 18.6 Å². The number of fused-ring (bicyclic) bond motifs is 1. The van der Waals surface area contributed by atoms with Gasteiger partial charge in [0.1, 0.15) is 17.7 Å². The molecule has 4 heteroatoms. The van der Waals surface area contributed by atoms with E-state index in [1.807, 2.05) is 24.3 Å². The number of para-hydroxylation sites is 1. The fraction of sp³-hybridized carbons (Fsp3) is 0.200. The summed E-state index contributed by atoms with van der Waals surface area (Å²) in [6, 6.07) is 11.9. The molecule has 1 aliphatic heterocycles. The van der Waals surface area contributed by atoms with Gasteiger partial charge in [0.05, 0.1) is 0 Å². The van der Waals surface area contributed by atoms with Gasteiger partial charge in [0, 0.05) is 28.6 Å². The van der Waals surface area contributed by atoms with Crippen LogP contribution < -0.4 is 10.5 Å². The van der Waals surface area contributed by atoms with E-state index in [2.05, 4.69) is 0 Å². The Kier molecular flexibility index (Phi) is 3.17. The first kappa shape index (κ1) is 12.5. The Morgan fingerprint density at radius 1 is 1.16 bits per heavy atom. The second-order valence-electron chi connectivity index (χ2n) is 4.65. The SMILES string of the molecule is NC1CC(c2cc(Cl)ccc2F)Oc2ccccc21. The molecule has 3 rings (SSSR count). The summed E-state index contributed by atoms with van der Waals surface area (Å²) in [7, 11) is 0. The average molecular weight is 278 g/mol. The second-order valence-corrected chi connectivity index (χ2v) is 5.09. The van der Waals surface area contributed by atoms with E-state index < -0.39 is 6.10 Å². The minimum atomic E-state index is -0.399. The molecular formula is C15H13ClFNO. The van der Waals surface area contributed by atoms with Gasteiger partial charge in [0.2, 0.25) is 0 Å². The molecule has 2 atom stereocenters. The van der Waals surface area contributed by atoms with Gasteiger partial charge in [-0.2, -0.15) is 0 Å². The second kappa shape index (κ2) is 4.83. The van der Waals surface area contributed by atoms with Gasteiger partial charge in [-0.3, -0.25) is 0 Å². The number of hydrogen-bond acceptors (Lipinski definition) is 2. The minimum Gasteiger partial charge on any atom is -0.485 e. The van der Waals surface area contributed by atoms with E-state index in [4.69, 9.17) is 22.1 Å². The Morgan fingerprint density at radius 3 is 2.79 bits per heavy atom. The molecule has 1 heterocycles. The molecule has 2 N–H and O–H groups in total. The lowest BCUT2D eigenvalue weighted by atomic mass is 9.93. The summed E-state index contributed by atoms with van der Waals surface area (Å²) in [4.78, 5) is 0. The van der Waals surface area contributed by atoms with Crippen LogP contribution in [0.2, 0.25) is 5.02 Å². The van der Waals surface area contributed by atoms with Crippen LogP contribution in [0, 0.1) is 5.82 Å². The Morgan fingerprint density at radius 2 is 1.95 bits per heavy atom. The summed E-state index contributed by atoms with van der Waals surface area (Å²) >= 11 is 5.92. The van der Waals surface area contributed by atoms with Gasteiger partial charge in [0.25, 0.3) is 0 Å². The number of rotatable bonds is 1. The molecule has 0 aromatic heterocycles. The van der Waals surface area contributed by atoms with Crippen LogP contribution in [0.3, 0.4) is 0 Å². The molecule has 2 aromatic carbocycles. The van der Waals surface area contributed by atoms with Crippen molar-refractivity contribution >= 4 is 11.6 Å². The summed E-state index contributed by atoms with van der Waals surface area (Å²) in [6.07, 6.45) is 0.137. The molecule has 0 saturated carbocycles. The van der Waals surface area contributed by atoms with E-state index in [0.29, 0.717) is 22.8 Å². The molecule has 2 nitrogen and oxygen atoms in total. The molecule has 2 unspecified atom stereocenters. The van der Waals surface area contributed by atoms with E-state index in [1.165, 1.54) is 12.1 Å². The van der Waals surface area contributed by atoms with Crippen molar-refractivity contribution in [3.8, 4) is 5.75 Å². The molecular weight excluding hydrogens is 265 g/mol. The first-order chi connectivity index (χ1) is 9.15. The molecule has 0 spiro atoms. The van der Waals surface area contributed by atoms with Gasteiger partial charge in [-0.05, 0) is 24.3 Å². The van der Waals surface area contributed by atoms with Crippen LogP contribution in [-0.4, -0.2) is 0 Å². The van der Waals surface area contributed by atoms with Crippen molar-refractivity contribution in [1.82, 2.24) is 0 Å². The van der Waals surface area contributed by atoms with Crippen molar-refractivity contribution in [2.75, 3.05) is 0 Å². The van der Waals surface area contributed by atoms with Crippen LogP contribution in [0.4, 0.5) is 4.39 Å². The quantitative estimate of drug-likeness (QED) is 0.855. The summed E-state index contributed by atoms with van der Waals surface area (Å²) in [5.41, 5.74) is 7.54. The third-order valence-corrected chi connectivity index (χ3v) is 3.60. The predicted octanol–water partition coefficient (Wildman–Crippen LogP) is 4.00. The maximum absolute atomic E-state index is 13.9. The van der Waals surface area contributed by atoms with Crippen LogP contribution in [0.25, 0.3) is 0 Å². The van der Waals surface area contributed by atoms with Gasteiger partial charge in [0.15, 0.2) is 0 Å². The highest BCUT2D eigenvalue weighted by molar-refractivity contribution is 6.30. The summed E-state index contributed by atoms with van der Waals surface area (Å²) in [5.74, 6) is 0.395. The molecule has 2 aromatic rings. The molecule has 0 aliphatic carbocycles. The van der Waals surface area contributed by atoms with Crippen molar-refractivity contribution in [3.63, 3.8) is 0 Å². The number of benzene rings is 2. The van der Waals surface area contributed by atoms with Gasteiger partial charge >= 0.3 is 0 Å². The van der Waals surface area contributed by atoms with Crippen LogP contribution in [0.5, 0.6) is 5.75 Å². The lowest BCUT2D eigenvalue weighted by Gasteiger charge is -2.30. The molecule has 0 amide bonds. The average Bonchev–Trinajstić information content (AvgIpc) is 2.41. The monoisotopic (exact) mass is 277 g/mol. The van der Waals surface area contributed by atoms with Crippen molar-refractivity contribution < 1.29 is 9.13 Å². The van der Waals surface area contributed by atoms with E-state index in [-0.39, 0.29) is 11.9 Å². The van der Waals surface area contributed by atoms with Crippen LogP contribution >= 0.6 is 11.6 Å². The molecule has 0 fully saturated rings. The maximum Gasteiger partial charge on any atom is 0.130 e. The highest BCUT2D eigenvalue weighted by atomic mass is 35.5. The normalized spacial score (nSPS) is 21.6. The van der Waals surface area contributed by atoms with Gasteiger partial charge in [-0.15, -0.1) is 0 Å². The smallest absolute Gasteiger partial charge is 0.130 e. The molecule has 19 heavy (non-hydrogen) atoms. The Balaban J connectivity index is 1.99. The van der Waals surface area contributed by atoms with Crippen molar-refractivity contribution in [1.29, 1.82) is 0 Å². The third-order valence-electron chi connectivity index (χ3n) is 3.36. The zero-order chi connectivity index (χ0) is 13.4. The predicted molar refractivity (Wildman–Crippen MR) is 72.8 cm³/mol. The van der Waals surface area contributed by atoms with E-state index in [9.17, 15) is 4.39 Å². The molecule has 1 aliphatic rings. The zero-order valence-corrected chi connectivity index (χ0v) is 10.9. The van der Waals surface area contributed by atoms with Gasteiger partial charge in [-0.25, -0.2) is 4.39 Å². The fourth-order valence-electron chi connectivity index (χ4n) is 2.40. The molecule has 0 radical (unpaired) electrons. The topological polar surface area (TPSA) is 35.2 Å². The highest BCUT2D eigenvalue weighted by Crippen LogP contribution is 2.40. The van der Waals surface area contributed by atoms with Crippen molar-refractivity contribution in [3.05, 3.63) is 64.4 Å². The standard InChI is InChI=1S/C15H13ClFNO/c16-9-5-6-12(17)11(7-9)15-8-13(18)10-3-1-2-4-14(10)19-15/h1-7,13,15H,8,18H2. The zero-order valence-electron chi connectivity index (χ0n) is 10.1.